The number of hydrogen-bond acceptors (Lipinski definition) is 6. The molecule has 1 rings (SSSR count). The summed E-state index contributed by atoms with van der Waals surface area (Å²) in [4.78, 5) is 22.3. The van der Waals surface area contributed by atoms with Crippen LogP contribution in [0.3, 0.4) is 0 Å². The van der Waals surface area contributed by atoms with Crippen LogP contribution in [0.15, 0.2) is 0 Å². The van der Waals surface area contributed by atoms with Gasteiger partial charge in [0.2, 0.25) is 0 Å². The van der Waals surface area contributed by atoms with Gasteiger partial charge in [-0.2, -0.15) is 0 Å². The van der Waals surface area contributed by atoms with E-state index in [2.05, 4.69) is 0 Å². The summed E-state index contributed by atoms with van der Waals surface area (Å²) in [7, 11) is 0. The highest BCUT2D eigenvalue weighted by molar-refractivity contribution is 6.08. The van der Waals surface area contributed by atoms with E-state index in [0.717, 1.165) is 0 Å². The normalized spacial score (nSPS) is 19.9. The lowest BCUT2D eigenvalue weighted by Crippen LogP contribution is -2.62. The Bertz CT molecular complexity index is 218. The van der Waals surface area contributed by atoms with Crippen LogP contribution in [0.5, 0.6) is 0 Å². The van der Waals surface area contributed by atoms with E-state index in [1.54, 1.807) is 0 Å². The molecule has 1 saturated heterocycles. The quantitative estimate of drug-likeness (QED) is 0.231. The van der Waals surface area contributed by atoms with Gasteiger partial charge >= 0.3 is 0 Å². The second-order valence-electron chi connectivity index (χ2n) is 2.61. The first-order valence-electron chi connectivity index (χ1n) is 3.78. The summed E-state index contributed by atoms with van der Waals surface area (Å²) >= 11 is 0. The molecule has 0 unspecified atom stereocenters. The van der Waals surface area contributed by atoms with Gasteiger partial charge in [-0.05, 0) is 0 Å². The molecule has 0 bridgehead atoms. The highest BCUT2D eigenvalue weighted by Gasteiger charge is 2.49. The lowest BCUT2D eigenvalue weighted by molar-refractivity contribution is -0.195. The zero-order chi connectivity index (χ0) is 10.6. The third-order valence-electron chi connectivity index (χ3n) is 1.82. The zero-order valence-corrected chi connectivity index (χ0v) is 7.15. The third kappa shape index (κ3) is 1.68. The van der Waals surface area contributed by atoms with E-state index in [1.165, 1.54) is 11.0 Å². The molecule has 14 heavy (non-hydrogen) atoms. The first-order chi connectivity index (χ1) is 6.67. The van der Waals surface area contributed by atoms with Crippen molar-refractivity contribution in [1.29, 1.82) is 0 Å². The van der Waals surface area contributed by atoms with Gasteiger partial charge in [-0.15, -0.1) is 0 Å². The Balaban J connectivity index is 2.87. The largest absolute Gasteiger partial charge is 0.375 e. The summed E-state index contributed by atoms with van der Waals surface area (Å²) in [6, 6.07) is 0. The van der Waals surface area contributed by atoms with Crippen LogP contribution >= 0.6 is 0 Å². The van der Waals surface area contributed by atoms with Gasteiger partial charge in [-0.3, -0.25) is 20.0 Å². The van der Waals surface area contributed by atoms with Crippen molar-refractivity contribution >= 4 is 11.8 Å². The summed E-state index contributed by atoms with van der Waals surface area (Å²) in [6.45, 7) is -0.119. The van der Waals surface area contributed by atoms with Crippen molar-refractivity contribution in [2.24, 2.45) is 0 Å². The van der Waals surface area contributed by atoms with Crippen LogP contribution in [0.25, 0.3) is 0 Å². The highest BCUT2D eigenvalue weighted by Crippen LogP contribution is 2.16. The van der Waals surface area contributed by atoms with Crippen LogP contribution in [0.4, 0.5) is 0 Å². The van der Waals surface area contributed by atoms with Crippen LogP contribution in [0.2, 0.25) is 0 Å². The summed E-state index contributed by atoms with van der Waals surface area (Å²) in [6.07, 6.45) is 0. The maximum absolute atomic E-state index is 11.2. The van der Waals surface area contributed by atoms with Gasteiger partial charge in [0.15, 0.2) is 0 Å². The second-order valence-corrected chi connectivity index (χ2v) is 2.61. The Kier molecular flexibility index (Phi) is 3.36. The fourth-order valence-corrected chi connectivity index (χ4v) is 1.08. The van der Waals surface area contributed by atoms with Crippen LogP contribution in [-0.4, -0.2) is 47.7 Å². The second kappa shape index (κ2) is 4.33. The van der Waals surface area contributed by atoms with Crippen molar-refractivity contribution in [2.45, 2.75) is 5.60 Å². The van der Waals surface area contributed by atoms with Crippen molar-refractivity contribution in [3.63, 3.8) is 0 Å². The molecule has 0 aromatic carbocycles. The number of ether oxygens (including phenoxy) is 2. The predicted molar refractivity (Wildman–Crippen MR) is 39.4 cm³/mol. The van der Waals surface area contributed by atoms with Gasteiger partial charge in [-0.1, -0.05) is 0 Å². The van der Waals surface area contributed by atoms with Gasteiger partial charge in [0, 0.05) is 0 Å². The Morgan fingerprint density at radius 3 is 2.07 bits per heavy atom. The molecule has 0 radical (unpaired) electrons. The minimum atomic E-state index is -2.03. The van der Waals surface area contributed by atoms with E-state index in [0.29, 0.717) is 0 Å². The summed E-state index contributed by atoms with van der Waals surface area (Å²) in [5.74, 6) is -2.19. The van der Waals surface area contributed by atoms with Gasteiger partial charge in [-0.25, -0.2) is 11.0 Å². The van der Waals surface area contributed by atoms with Crippen LogP contribution in [0.1, 0.15) is 0 Å². The molecule has 0 spiro atoms. The van der Waals surface area contributed by atoms with Crippen molar-refractivity contribution in [3.8, 4) is 0 Å². The lowest BCUT2D eigenvalue weighted by Gasteiger charge is -2.32. The summed E-state index contributed by atoms with van der Waals surface area (Å²) in [5.41, 5.74) is 0.524. The number of amides is 2. The Labute approximate surface area is 78.7 Å². The number of nitrogens with one attached hydrogen (secondary N) is 2. The third-order valence-corrected chi connectivity index (χ3v) is 1.82. The minimum absolute atomic E-state index is 0.0147. The molecule has 2 amide bonds. The van der Waals surface area contributed by atoms with E-state index in [4.69, 9.17) is 19.9 Å². The molecule has 0 aliphatic carbocycles. The minimum Gasteiger partial charge on any atom is -0.375 e. The molecule has 0 aromatic heterocycles. The van der Waals surface area contributed by atoms with Gasteiger partial charge in [0.1, 0.15) is 0 Å². The smallest absolute Gasteiger partial charge is 0.287 e. The Hall–Kier alpha value is -1.22. The lowest BCUT2D eigenvalue weighted by atomic mass is 10.0. The van der Waals surface area contributed by atoms with Crippen molar-refractivity contribution in [2.75, 3.05) is 19.8 Å². The van der Waals surface area contributed by atoms with Crippen LogP contribution in [0, 0.1) is 0 Å². The standard InChI is InChI=1S/C6H10N2O6/c9-4(7-11)6(5(10)8-12)3-13-1-2-14-6/h11-12H,1-3H2,(H,7,9)(H,8,10). The van der Waals surface area contributed by atoms with E-state index in [9.17, 15) is 9.59 Å². The zero-order valence-electron chi connectivity index (χ0n) is 7.15. The molecule has 1 heterocycles. The first kappa shape index (κ1) is 10.9. The first-order valence-corrected chi connectivity index (χ1v) is 3.78. The van der Waals surface area contributed by atoms with E-state index >= 15 is 0 Å². The topological polar surface area (TPSA) is 117 Å². The predicted octanol–water partition coefficient (Wildman–Crippen LogP) is -2.22. The molecular weight excluding hydrogens is 196 g/mol. The van der Waals surface area contributed by atoms with E-state index in [1.807, 2.05) is 0 Å². The fraction of sp³-hybridized carbons (Fsp3) is 0.667. The summed E-state index contributed by atoms with van der Waals surface area (Å²) < 4.78 is 9.76. The van der Waals surface area contributed by atoms with E-state index in [-0.39, 0.29) is 19.8 Å². The number of hydroxylamine groups is 2. The Morgan fingerprint density at radius 2 is 1.71 bits per heavy atom. The molecule has 8 nitrogen and oxygen atoms in total. The number of hydrogen-bond donors (Lipinski definition) is 4. The molecular formula is C6H10N2O6. The number of rotatable bonds is 2. The van der Waals surface area contributed by atoms with Gasteiger partial charge in [0.25, 0.3) is 17.4 Å². The van der Waals surface area contributed by atoms with Crippen LogP contribution < -0.4 is 11.0 Å². The average Bonchev–Trinajstić information content (AvgIpc) is 2.27. The summed E-state index contributed by atoms with van der Waals surface area (Å²) in [5, 5.41) is 16.8. The molecule has 4 N–H and O–H groups in total. The molecule has 0 aromatic rings. The maximum Gasteiger partial charge on any atom is 0.287 e. The number of carbonyl (C=O) groups excluding carboxylic acids is 2. The van der Waals surface area contributed by atoms with Crippen molar-refractivity contribution < 1.29 is 29.5 Å². The molecule has 0 saturated carbocycles. The molecule has 80 valence electrons. The molecule has 8 heteroatoms. The van der Waals surface area contributed by atoms with Crippen molar-refractivity contribution in [1.82, 2.24) is 11.0 Å². The van der Waals surface area contributed by atoms with Crippen LogP contribution in [-0.2, 0) is 19.1 Å². The van der Waals surface area contributed by atoms with Gasteiger partial charge < -0.3 is 9.47 Å². The Morgan fingerprint density at radius 1 is 1.14 bits per heavy atom. The monoisotopic (exact) mass is 206 g/mol. The number of carbonyl (C=O) groups is 2. The highest BCUT2D eigenvalue weighted by atomic mass is 16.6. The van der Waals surface area contributed by atoms with Crippen molar-refractivity contribution in [3.05, 3.63) is 0 Å². The molecule has 1 aliphatic heterocycles. The molecule has 0 atom stereocenters. The van der Waals surface area contributed by atoms with Gasteiger partial charge in [0.05, 0.1) is 19.8 Å². The molecule has 1 aliphatic rings. The van der Waals surface area contributed by atoms with E-state index < -0.39 is 17.4 Å². The SMILES string of the molecule is O=C(NO)C1(C(=O)NO)COCCO1. The fourth-order valence-electron chi connectivity index (χ4n) is 1.08. The molecule has 1 fully saturated rings. The average molecular weight is 206 g/mol. The maximum atomic E-state index is 11.2.